The Morgan fingerprint density at radius 2 is 1.67 bits per heavy atom. The monoisotopic (exact) mass is 373 g/mol. The lowest BCUT2D eigenvalue weighted by Gasteiger charge is -2.41. The average Bonchev–Trinajstić information content (AvgIpc) is 3.03. The molecular formula is C19H19NO7. The van der Waals surface area contributed by atoms with Crippen molar-refractivity contribution < 1.29 is 35.2 Å². The van der Waals surface area contributed by atoms with Crippen molar-refractivity contribution in [3.63, 3.8) is 0 Å². The minimum atomic E-state index is -1.81. The van der Waals surface area contributed by atoms with Crippen LogP contribution in [0, 0.1) is 0 Å². The maximum absolute atomic E-state index is 11.2. The number of carbonyl (C=O) groups is 1. The van der Waals surface area contributed by atoms with Gasteiger partial charge in [0.2, 0.25) is 0 Å². The van der Waals surface area contributed by atoms with Crippen LogP contribution < -0.4 is 5.06 Å². The second-order valence-corrected chi connectivity index (χ2v) is 6.78. The number of nitrogens with zero attached hydrogens (tertiary/aromatic N) is 1. The molecule has 5 unspecified atom stereocenters. The Hall–Kier alpha value is -2.49. The topological polar surface area (TPSA) is 131 Å². The van der Waals surface area contributed by atoms with Crippen molar-refractivity contribution in [3.05, 3.63) is 53.6 Å². The van der Waals surface area contributed by atoms with Crippen molar-refractivity contribution in [1.82, 2.24) is 0 Å². The number of hydroxylamine groups is 1. The number of ether oxygens (including phenoxy) is 1. The molecule has 5 N–H and O–H groups in total. The summed E-state index contributed by atoms with van der Waals surface area (Å²) in [6.45, 7) is 0. The van der Waals surface area contributed by atoms with E-state index in [-0.39, 0.29) is 5.69 Å². The number of rotatable bonds is 3. The highest BCUT2D eigenvalue weighted by Crippen LogP contribution is 2.38. The van der Waals surface area contributed by atoms with Crippen molar-refractivity contribution in [2.75, 3.05) is 5.06 Å². The number of anilines is 1. The van der Waals surface area contributed by atoms with E-state index in [4.69, 9.17) is 9.84 Å². The molecule has 142 valence electrons. The summed E-state index contributed by atoms with van der Waals surface area (Å²) in [7, 11) is 0. The molecule has 0 radical (unpaired) electrons. The second-order valence-electron chi connectivity index (χ2n) is 6.78. The van der Waals surface area contributed by atoms with Gasteiger partial charge in [-0.2, -0.15) is 0 Å². The normalized spacial score (nSPS) is 29.1. The van der Waals surface area contributed by atoms with Crippen LogP contribution in [0.15, 0.2) is 42.5 Å². The Balaban J connectivity index is 1.62. The standard InChI is InChI=1S/C19H19NO7/c21-14-15(22)17(19(24)25)27-18(16(14)23)20(26)11-5-6-13-10(8-11)7-9-3-1-2-4-12(9)13/h1-6,8,14-18,21-23,26H,7H2,(H,24,25). The maximum atomic E-state index is 11.2. The number of benzene rings is 2. The van der Waals surface area contributed by atoms with Crippen LogP contribution in [0.3, 0.4) is 0 Å². The second kappa shape index (κ2) is 6.59. The molecular weight excluding hydrogens is 354 g/mol. The van der Waals surface area contributed by atoms with Crippen LogP contribution in [0.4, 0.5) is 5.69 Å². The van der Waals surface area contributed by atoms with Gasteiger partial charge in [-0.1, -0.05) is 30.3 Å². The Kier molecular flexibility index (Phi) is 4.37. The predicted molar refractivity (Wildman–Crippen MR) is 93.3 cm³/mol. The van der Waals surface area contributed by atoms with Crippen LogP contribution in [-0.2, 0) is 16.0 Å². The zero-order chi connectivity index (χ0) is 19.3. The van der Waals surface area contributed by atoms with Crippen LogP contribution in [0.2, 0.25) is 0 Å². The number of hydrogen-bond acceptors (Lipinski definition) is 7. The lowest BCUT2D eigenvalue weighted by Crippen LogP contribution is -2.63. The Morgan fingerprint density at radius 3 is 2.41 bits per heavy atom. The molecule has 27 heavy (non-hydrogen) atoms. The number of aliphatic hydroxyl groups is 3. The van der Waals surface area contributed by atoms with E-state index in [1.165, 1.54) is 0 Å². The number of aliphatic hydroxyl groups excluding tert-OH is 3. The van der Waals surface area contributed by atoms with E-state index in [0.29, 0.717) is 11.5 Å². The molecule has 8 heteroatoms. The first-order chi connectivity index (χ1) is 12.9. The van der Waals surface area contributed by atoms with E-state index in [0.717, 1.165) is 22.3 Å². The molecule has 2 aliphatic rings. The largest absolute Gasteiger partial charge is 0.479 e. The van der Waals surface area contributed by atoms with Crippen molar-refractivity contribution >= 4 is 11.7 Å². The van der Waals surface area contributed by atoms with Crippen molar-refractivity contribution in [3.8, 4) is 11.1 Å². The maximum Gasteiger partial charge on any atom is 0.335 e. The average molecular weight is 373 g/mol. The molecule has 1 fully saturated rings. The molecule has 1 saturated heterocycles. The smallest absolute Gasteiger partial charge is 0.335 e. The van der Waals surface area contributed by atoms with Gasteiger partial charge < -0.3 is 25.2 Å². The molecule has 0 bridgehead atoms. The van der Waals surface area contributed by atoms with Crippen LogP contribution in [-0.4, -0.2) is 62.2 Å². The minimum Gasteiger partial charge on any atom is -0.479 e. The molecule has 1 heterocycles. The van der Waals surface area contributed by atoms with Gasteiger partial charge in [0.05, 0.1) is 5.69 Å². The van der Waals surface area contributed by atoms with E-state index in [1.54, 1.807) is 12.1 Å². The number of carboxylic acids is 1. The minimum absolute atomic E-state index is 0.276. The van der Waals surface area contributed by atoms with E-state index < -0.39 is 36.6 Å². The van der Waals surface area contributed by atoms with Gasteiger partial charge in [-0.25, -0.2) is 9.86 Å². The molecule has 0 saturated carbocycles. The van der Waals surface area contributed by atoms with Gasteiger partial charge in [0.25, 0.3) is 0 Å². The number of carboxylic acid groups (broad SMARTS) is 1. The molecule has 4 rings (SSSR count). The van der Waals surface area contributed by atoms with Crippen LogP contribution >= 0.6 is 0 Å². The highest BCUT2D eigenvalue weighted by atomic mass is 16.6. The van der Waals surface area contributed by atoms with Crippen LogP contribution in [0.1, 0.15) is 11.1 Å². The van der Waals surface area contributed by atoms with E-state index in [1.807, 2.05) is 30.3 Å². The lowest BCUT2D eigenvalue weighted by molar-refractivity contribution is -0.237. The van der Waals surface area contributed by atoms with Gasteiger partial charge in [-0.05, 0) is 40.8 Å². The summed E-state index contributed by atoms with van der Waals surface area (Å²) < 4.78 is 5.16. The fourth-order valence-corrected chi connectivity index (χ4v) is 3.69. The molecule has 0 amide bonds. The van der Waals surface area contributed by atoms with Gasteiger partial charge in [0.15, 0.2) is 12.3 Å². The van der Waals surface area contributed by atoms with Crippen molar-refractivity contribution in [1.29, 1.82) is 0 Å². The van der Waals surface area contributed by atoms with Crippen molar-refractivity contribution in [2.24, 2.45) is 0 Å². The number of hydrogen-bond donors (Lipinski definition) is 5. The molecule has 5 atom stereocenters. The Labute approximate surface area is 154 Å². The molecule has 1 aliphatic carbocycles. The summed E-state index contributed by atoms with van der Waals surface area (Å²) in [4.78, 5) is 11.2. The third-order valence-electron chi connectivity index (χ3n) is 5.11. The quantitative estimate of drug-likeness (QED) is 0.416. The van der Waals surface area contributed by atoms with Gasteiger partial charge in [0, 0.05) is 0 Å². The van der Waals surface area contributed by atoms with Gasteiger partial charge in [-0.3, -0.25) is 5.21 Å². The highest BCUT2D eigenvalue weighted by molar-refractivity contribution is 5.78. The third-order valence-corrected chi connectivity index (χ3v) is 5.11. The summed E-state index contributed by atoms with van der Waals surface area (Å²) in [5.41, 5.74) is 4.55. The van der Waals surface area contributed by atoms with E-state index in [9.17, 15) is 25.3 Å². The molecule has 0 spiro atoms. The van der Waals surface area contributed by atoms with Crippen LogP contribution in [0.25, 0.3) is 11.1 Å². The first-order valence-electron chi connectivity index (χ1n) is 8.50. The zero-order valence-corrected chi connectivity index (χ0v) is 14.1. The highest BCUT2D eigenvalue weighted by Gasteiger charge is 2.49. The molecule has 2 aromatic rings. The fourth-order valence-electron chi connectivity index (χ4n) is 3.69. The Bertz CT molecular complexity index is 886. The van der Waals surface area contributed by atoms with Crippen LogP contribution in [0.5, 0.6) is 0 Å². The molecule has 1 aliphatic heterocycles. The number of fused-ring (bicyclic) bond motifs is 3. The molecule has 0 aromatic heterocycles. The van der Waals surface area contributed by atoms with E-state index >= 15 is 0 Å². The lowest BCUT2D eigenvalue weighted by atomic mass is 9.97. The SMILES string of the molecule is O=C(O)C1OC(N(O)c2ccc3c(c2)Cc2ccccc2-3)C(O)C(O)C1O. The van der Waals surface area contributed by atoms with Crippen molar-refractivity contribution in [2.45, 2.75) is 37.1 Å². The first-order valence-corrected chi connectivity index (χ1v) is 8.50. The molecule has 8 nitrogen and oxygen atoms in total. The fraction of sp³-hybridized carbons (Fsp3) is 0.316. The summed E-state index contributed by atoms with van der Waals surface area (Å²) in [6.07, 6.45) is -7.94. The van der Waals surface area contributed by atoms with Gasteiger partial charge in [-0.15, -0.1) is 0 Å². The first kappa shape index (κ1) is 17.9. The van der Waals surface area contributed by atoms with E-state index in [2.05, 4.69) is 0 Å². The molecule has 2 aromatic carbocycles. The summed E-state index contributed by atoms with van der Waals surface area (Å²) in [5.74, 6) is -1.50. The summed E-state index contributed by atoms with van der Waals surface area (Å²) in [6, 6.07) is 13.1. The summed E-state index contributed by atoms with van der Waals surface area (Å²) >= 11 is 0. The van der Waals surface area contributed by atoms with Gasteiger partial charge >= 0.3 is 5.97 Å². The number of aliphatic carboxylic acids is 1. The Morgan fingerprint density at radius 1 is 0.963 bits per heavy atom. The summed E-state index contributed by atoms with van der Waals surface area (Å²) in [5, 5.41) is 50.1. The van der Waals surface area contributed by atoms with Gasteiger partial charge in [0.1, 0.15) is 18.3 Å². The predicted octanol–water partition coefficient (Wildman–Crippen LogP) is 0.346. The zero-order valence-electron chi connectivity index (χ0n) is 14.1. The third kappa shape index (κ3) is 2.88.